The smallest absolute Gasteiger partial charge is 0.338 e. The number of ketones is 1. The molecular weight excluding hydrogens is 453 g/mol. The number of halogens is 1. The molecule has 35 heavy (non-hydrogen) atoms. The van der Waals surface area contributed by atoms with Gasteiger partial charge in [-0.25, -0.2) is 14.2 Å². The molecule has 1 aromatic heterocycles. The van der Waals surface area contributed by atoms with Crippen molar-refractivity contribution >= 4 is 29.3 Å². The van der Waals surface area contributed by atoms with Crippen molar-refractivity contribution in [2.75, 3.05) is 11.6 Å². The topological polar surface area (TPSA) is 97.7 Å². The molecule has 1 aliphatic rings. The van der Waals surface area contributed by atoms with Crippen molar-refractivity contribution in [3.05, 3.63) is 82.4 Å². The van der Waals surface area contributed by atoms with E-state index in [2.05, 4.69) is 5.43 Å². The number of carbonyl (C=O) groups is 4. The highest BCUT2D eigenvalue weighted by atomic mass is 19.1. The first-order valence-corrected chi connectivity index (χ1v) is 11.0. The van der Waals surface area contributed by atoms with Crippen molar-refractivity contribution in [2.24, 2.45) is 0 Å². The molecule has 2 heterocycles. The van der Waals surface area contributed by atoms with Crippen LogP contribution in [-0.2, 0) is 14.3 Å². The van der Waals surface area contributed by atoms with Crippen molar-refractivity contribution in [3.63, 3.8) is 0 Å². The van der Waals surface area contributed by atoms with Crippen LogP contribution < -0.4 is 10.4 Å². The zero-order valence-corrected chi connectivity index (χ0v) is 19.6. The van der Waals surface area contributed by atoms with E-state index in [9.17, 15) is 23.6 Å². The maximum Gasteiger partial charge on any atom is 0.338 e. The van der Waals surface area contributed by atoms with E-state index in [-0.39, 0.29) is 41.8 Å². The number of benzene rings is 2. The Balaban J connectivity index is 1.43. The third-order valence-electron chi connectivity index (χ3n) is 5.89. The Morgan fingerprint density at radius 2 is 1.66 bits per heavy atom. The van der Waals surface area contributed by atoms with Gasteiger partial charge in [-0.15, -0.1) is 0 Å². The fourth-order valence-electron chi connectivity index (χ4n) is 3.99. The lowest BCUT2D eigenvalue weighted by Gasteiger charge is -2.27. The fraction of sp³-hybridized carbons (Fsp3) is 0.231. The minimum Gasteiger partial charge on any atom is -0.454 e. The average Bonchev–Trinajstić information content (AvgIpc) is 3.14. The molecule has 9 heteroatoms. The third kappa shape index (κ3) is 4.84. The molecule has 180 valence electrons. The van der Waals surface area contributed by atoms with Gasteiger partial charge in [-0.3, -0.25) is 19.8 Å². The lowest BCUT2D eigenvalue weighted by Crippen LogP contribution is -2.50. The average molecular weight is 477 g/mol. The second kappa shape index (κ2) is 9.54. The third-order valence-corrected chi connectivity index (χ3v) is 5.89. The molecule has 0 bridgehead atoms. The van der Waals surface area contributed by atoms with Crippen LogP contribution in [0.4, 0.5) is 10.1 Å². The van der Waals surface area contributed by atoms with Crippen molar-refractivity contribution in [1.82, 2.24) is 9.99 Å². The molecule has 1 saturated heterocycles. The summed E-state index contributed by atoms with van der Waals surface area (Å²) in [6.07, 6.45) is 0.245. The maximum absolute atomic E-state index is 14.1. The molecular formula is C26H24FN3O5. The Labute approximate surface area is 201 Å². The van der Waals surface area contributed by atoms with Crippen LogP contribution in [0.15, 0.2) is 48.5 Å². The van der Waals surface area contributed by atoms with E-state index in [1.807, 2.05) is 6.92 Å². The second-order valence-electron chi connectivity index (χ2n) is 8.36. The first kappa shape index (κ1) is 23.9. The van der Waals surface area contributed by atoms with Crippen molar-refractivity contribution in [1.29, 1.82) is 0 Å². The predicted octanol–water partition coefficient (Wildman–Crippen LogP) is 3.74. The molecule has 0 aliphatic carbocycles. The van der Waals surface area contributed by atoms with Crippen LogP contribution >= 0.6 is 0 Å². The summed E-state index contributed by atoms with van der Waals surface area (Å²) in [5, 5.41) is 1.14. The van der Waals surface area contributed by atoms with Crippen LogP contribution in [0.2, 0.25) is 0 Å². The van der Waals surface area contributed by atoms with E-state index >= 15 is 0 Å². The first-order valence-electron chi connectivity index (χ1n) is 11.0. The van der Waals surface area contributed by atoms with Gasteiger partial charge in [0.15, 0.2) is 6.61 Å². The van der Waals surface area contributed by atoms with Gasteiger partial charge in [0.2, 0.25) is 17.6 Å². The predicted molar refractivity (Wildman–Crippen MR) is 126 cm³/mol. The fourth-order valence-corrected chi connectivity index (χ4v) is 3.99. The summed E-state index contributed by atoms with van der Waals surface area (Å²) >= 11 is 0. The van der Waals surface area contributed by atoms with Gasteiger partial charge in [-0.05, 0) is 68.8 Å². The van der Waals surface area contributed by atoms with E-state index < -0.39 is 12.6 Å². The van der Waals surface area contributed by atoms with Gasteiger partial charge < -0.3 is 9.30 Å². The highest BCUT2D eigenvalue weighted by Crippen LogP contribution is 2.23. The molecule has 0 radical (unpaired) electrons. The van der Waals surface area contributed by atoms with Gasteiger partial charge in [0, 0.05) is 35.5 Å². The maximum atomic E-state index is 14.1. The van der Waals surface area contributed by atoms with Gasteiger partial charge in [-0.2, -0.15) is 0 Å². The van der Waals surface area contributed by atoms with Gasteiger partial charge in [0.05, 0.1) is 11.3 Å². The molecule has 1 aliphatic heterocycles. The van der Waals surface area contributed by atoms with Crippen LogP contribution in [0, 0.1) is 26.6 Å². The van der Waals surface area contributed by atoms with Crippen LogP contribution in [-0.4, -0.2) is 34.7 Å². The number of ether oxygens (including phenoxy) is 1. The van der Waals surface area contributed by atoms with Gasteiger partial charge in [-0.1, -0.05) is 6.07 Å². The SMILES string of the molecule is Cc1ccc(-n2c(C)cc(C(=O)COC(=O)c3ccc(N4NC(=O)CCC4=O)cc3)c2C)cc1F. The molecule has 0 atom stereocenters. The number of hydrazine groups is 1. The Morgan fingerprint density at radius 1 is 0.971 bits per heavy atom. The van der Waals surface area contributed by atoms with Gasteiger partial charge in [0.25, 0.3) is 0 Å². The number of nitrogens with one attached hydrogen (secondary N) is 1. The monoisotopic (exact) mass is 477 g/mol. The molecule has 8 nitrogen and oxygen atoms in total. The molecule has 0 unspecified atom stereocenters. The normalized spacial score (nSPS) is 13.5. The summed E-state index contributed by atoms with van der Waals surface area (Å²) in [5.74, 6) is -1.94. The molecule has 0 saturated carbocycles. The number of esters is 1. The van der Waals surface area contributed by atoms with Crippen molar-refractivity contribution < 1.29 is 28.3 Å². The minimum atomic E-state index is -0.701. The summed E-state index contributed by atoms with van der Waals surface area (Å²) in [6.45, 7) is 4.77. The molecule has 1 N–H and O–H groups in total. The first-order chi connectivity index (χ1) is 16.7. The number of rotatable bonds is 6. The lowest BCUT2D eigenvalue weighted by atomic mass is 10.1. The van der Waals surface area contributed by atoms with Crippen molar-refractivity contribution in [3.8, 4) is 5.69 Å². The Morgan fingerprint density at radius 3 is 2.34 bits per heavy atom. The van der Waals surface area contributed by atoms with Gasteiger partial charge in [0.1, 0.15) is 5.82 Å². The van der Waals surface area contributed by atoms with Crippen LogP contribution in [0.5, 0.6) is 0 Å². The second-order valence-corrected chi connectivity index (χ2v) is 8.36. The Kier molecular flexibility index (Phi) is 6.50. The van der Waals surface area contributed by atoms with E-state index in [4.69, 9.17) is 4.74 Å². The molecule has 0 spiro atoms. The number of amides is 2. The summed E-state index contributed by atoms with van der Waals surface area (Å²) in [5.41, 5.74) is 5.95. The van der Waals surface area contributed by atoms with E-state index in [1.54, 1.807) is 36.6 Å². The number of aryl methyl sites for hydroxylation is 2. The molecule has 1 fully saturated rings. The number of nitrogens with zero attached hydrogens (tertiary/aromatic N) is 2. The molecule has 4 rings (SSSR count). The number of hydrogen-bond donors (Lipinski definition) is 1. The number of hydrogen-bond acceptors (Lipinski definition) is 5. The zero-order valence-electron chi connectivity index (χ0n) is 19.6. The molecule has 3 aromatic rings. The number of aromatic nitrogens is 1. The van der Waals surface area contributed by atoms with E-state index in [1.165, 1.54) is 30.3 Å². The van der Waals surface area contributed by atoms with Crippen LogP contribution in [0.1, 0.15) is 50.5 Å². The highest BCUT2D eigenvalue weighted by molar-refractivity contribution is 6.02. The summed E-state index contributed by atoms with van der Waals surface area (Å²) in [7, 11) is 0. The highest BCUT2D eigenvalue weighted by Gasteiger charge is 2.25. The van der Waals surface area contributed by atoms with E-state index in [0.717, 1.165) is 10.7 Å². The quantitative estimate of drug-likeness (QED) is 0.431. The number of Topliss-reactive ketones (excluding diaryl/α,β-unsaturated/α-hetero) is 1. The van der Waals surface area contributed by atoms with Gasteiger partial charge >= 0.3 is 5.97 Å². The Hall–Kier alpha value is -4.27. The summed E-state index contributed by atoms with van der Waals surface area (Å²) in [6, 6.07) is 12.5. The minimum absolute atomic E-state index is 0.108. The van der Waals surface area contributed by atoms with Crippen LogP contribution in [0.3, 0.4) is 0 Å². The van der Waals surface area contributed by atoms with Crippen LogP contribution in [0.25, 0.3) is 5.69 Å². The Bertz CT molecular complexity index is 1340. The lowest BCUT2D eigenvalue weighted by molar-refractivity contribution is -0.130. The van der Waals surface area contributed by atoms with E-state index in [0.29, 0.717) is 28.2 Å². The standard InChI is InChI=1S/C26H24FN3O5/c1-15-4-7-20(13-22(15)27)29-16(2)12-21(17(29)3)23(31)14-35-26(34)18-5-8-19(9-6-18)30-25(33)11-10-24(32)28-30/h4-9,12-13H,10-11,14H2,1-3H3,(H,28,32). The number of carbonyl (C=O) groups excluding carboxylic acids is 4. The number of anilines is 1. The zero-order chi connectivity index (χ0) is 25.3. The summed E-state index contributed by atoms with van der Waals surface area (Å²) < 4.78 is 21.0. The van der Waals surface area contributed by atoms with Crippen molar-refractivity contribution in [2.45, 2.75) is 33.6 Å². The molecule has 2 aromatic carbocycles. The summed E-state index contributed by atoms with van der Waals surface area (Å²) in [4.78, 5) is 48.8. The molecule has 2 amide bonds. The largest absolute Gasteiger partial charge is 0.454 e.